The summed E-state index contributed by atoms with van der Waals surface area (Å²) in [5.74, 6) is -5.09. The van der Waals surface area contributed by atoms with Gasteiger partial charge in [0.2, 0.25) is 11.8 Å². The van der Waals surface area contributed by atoms with Crippen molar-refractivity contribution >= 4 is 29.6 Å². The number of rotatable bonds is 6. The predicted octanol–water partition coefficient (Wildman–Crippen LogP) is 2.90. The highest BCUT2D eigenvalue weighted by Crippen LogP contribution is 2.27. The van der Waals surface area contributed by atoms with Crippen LogP contribution >= 0.6 is 0 Å². The molecule has 1 aromatic carbocycles. The minimum Gasteiger partial charge on any atom is -0.475 e. The molecule has 0 bridgehead atoms. The van der Waals surface area contributed by atoms with Gasteiger partial charge in [-0.1, -0.05) is 36.4 Å². The first kappa shape index (κ1) is 36.6. The summed E-state index contributed by atoms with van der Waals surface area (Å²) < 4.78 is 63.5. The highest BCUT2D eigenvalue weighted by atomic mass is 19.4. The number of aliphatic carboxylic acids is 2. The zero-order valence-electron chi connectivity index (χ0n) is 22.9. The molecule has 0 unspecified atom stereocenters. The van der Waals surface area contributed by atoms with Crippen LogP contribution in [0.25, 0.3) is 0 Å². The Balaban J connectivity index is 0.000000548. The van der Waals surface area contributed by atoms with Crippen LogP contribution in [0.3, 0.4) is 0 Å². The van der Waals surface area contributed by atoms with Gasteiger partial charge < -0.3 is 31.9 Å². The lowest BCUT2D eigenvalue weighted by Crippen LogP contribution is -2.53. The van der Waals surface area contributed by atoms with Gasteiger partial charge in [0.1, 0.15) is 11.9 Å². The maximum atomic E-state index is 12.7. The SMILES string of the molecule is Cc1nc(N)ccc1CNC(=O)[C@H](C)NC(=O)[C@H]1C[C@@H](c2ccccc2)CCN1.O=C(O)C(F)(F)F.O=C(O)C(F)(F)F. The summed E-state index contributed by atoms with van der Waals surface area (Å²) in [4.78, 5) is 47.1. The van der Waals surface area contributed by atoms with Gasteiger partial charge in [-0.2, -0.15) is 26.3 Å². The summed E-state index contributed by atoms with van der Waals surface area (Å²) in [6.07, 6.45) is -8.45. The lowest BCUT2D eigenvalue weighted by Gasteiger charge is -2.30. The van der Waals surface area contributed by atoms with Gasteiger partial charge in [0.15, 0.2) is 0 Å². The van der Waals surface area contributed by atoms with Crippen molar-refractivity contribution in [2.45, 2.75) is 63.6 Å². The number of carbonyl (C=O) groups excluding carboxylic acids is 2. The van der Waals surface area contributed by atoms with Gasteiger partial charge in [-0.3, -0.25) is 9.59 Å². The van der Waals surface area contributed by atoms with E-state index < -0.39 is 30.3 Å². The molecule has 0 spiro atoms. The van der Waals surface area contributed by atoms with Gasteiger partial charge in [-0.05, 0) is 56.3 Å². The third-order valence-electron chi connectivity index (χ3n) is 5.90. The largest absolute Gasteiger partial charge is 0.490 e. The van der Waals surface area contributed by atoms with E-state index in [9.17, 15) is 35.9 Å². The Hall–Kier alpha value is -4.41. The molecule has 1 fully saturated rings. The quantitative estimate of drug-likeness (QED) is 0.264. The average Bonchev–Trinajstić information content (AvgIpc) is 2.92. The average molecular weight is 624 g/mol. The molecule has 0 radical (unpaired) electrons. The van der Waals surface area contributed by atoms with Crippen molar-refractivity contribution in [3.8, 4) is 0 Å². The number of nitrogens with two attached hydrogens (primary N) is 1. The molecule has 3 atom stereocenters. The highest BCUT2D eigenvalue weighted by molar-refractivity contribution is 5.89. The summed E-state index contributed by atoms with van der Waals surface area (Å²) in [6, 6.07) is 12.9. The Morgan fingerprint density at radius 1 is 1.00 bits per heavy atom. The number of aromatic nitrogens is 1. The van der Waals surface area contributed by atoms with Gasteiger partial charge >= 0.3 is 24.3 Å². The molecule has 2 heterocycles. The van der Waals surface area contributed by atoms with Crippen LogP contribution in [0.5, 0.6) is 0 Å². The molecule has 0 saturated carbocycles. The van der Waals surface area contributed by atoms with Crippen LogP contribution in [0.15, 0.2) is 42.5 Å². The number of carboxylic acid groups (broad SMARTS) is 2. The van der Waals surface area contributed by atoms with E-state index in [2.05, 4.69) is 33.1 Å². The van der Waals surface area contributed by atoms with Gasteiger partial charge in [0, 0.05) is 12.2 Å². The van der Waals surface area contributed by atoms with E-state index in [0.717, 1.165) is 30.6 Å². The van der Waals surface area contributed by atoms with E-state index in [1.54, 1.807) is 13.0 Å². The number of alkyl halides is 6. The number of hydrogen-bond acceptors (Lipinski definition) is 7. The Morgan fingerprint density at radius 2 is 1.53 bits per heavy atom. The number of benzene rings is 1. The molecule has 1 aliphatic rings. The van der Waals surface area contributed by atoms with Crippen molar-refractivity contribution in [3.05, 3.63) is 59.3 Å². The van der Waals surface area contributed by atoms with Gasteiger partial charge in [0.25, 0.3) is 0 Å². The van der Waals surface area contributed by atoms with E-state index in [4.69, 9.17) is 25.5 Å². The van der Waals surface area contributed by atoms with E-state index in [1.165, 1.54) is 5.56 Å². The lowest BCUT2D eigenvalue weighted by molar-refractivity contribution is -0.193. The number of piperidine rings is 1. The van der Waals surface area contributed by atoms with Crippen LogP contribution < -0.4 is 21.7 Å². The normalized spacial score (nSPS) is 17.1. The molecule has 1 saturated heterocycles. The molecule has 17 heteroatoms. The van der Waals surface area contributed by atoms with Gasteiger partial charge in [-0.15, -0.1) is 0 Å². The van der Waals surface area contributed by atoms with Crippen LogP contribution in [0.2, 0.25) is 0 Å². The fourth-order valence-electron chi connectivity index (χ4n) is 3.66. The van der Waals surface area contributed by atoms with Crippen LogP contribution in [-0.4, -0.2) is 69.9 Å². The minimum atomic E-state index is -5.08. The molecular weight excluding hydrogens is 592 g/mol. The first-order valence-corrected chi connectivity index (χ1v) is 12.5. The van der Waals surface area contributed by atoms with Gasteiger partial charge in [0.05, 0.1) is 6.04 Å². The maximum Gasteiger partial charge on any atom is 0.490 e. The summed E-state index contributed by atoms with van der Waals surface area (Å²) >= 11 is 0. The second kappa shape index (κ2) is 16.3. The number of nitrogens with one attached hydrogen (secondary N) is 3. The number of amides is 2. The smallest absolute Gasteiger partial charge is 0.475 e. The molecule has 3 rings (SSSR count). The second-order valence-corrected chi connectivity index (χ2v) is 9.17. The zero-order chi connectivity index (χ0) is 33.0. The van der Waals surface area contributed by atoms with Crippen molar-refractivity contribution < 1.29 is 55.7 Å². The molecule has 7 N–H and O–H groups in total. The van der Waals surface area contributed by atoms with E-state index >= 15 is 0 Å². The van der Waals surface area contributed by atoms with E-state index in [1.807, 2.05) is 31.2 Å². The van der Waals surface area contributed by atoms with Crippen molar-refractivity contribution in [3.63, 3.8) is 0 Å². The number of nitrogens with zero attached hydrogens (tertiary/aromatic N) is 1. The second-order valence-electron chi connectivity index (χ2n) is 9.17. The molecule has 2 aromatic rings. The fraction of sp³-hybridized carbons (Fsp3) is 0.423. The van der Waals surface area contributed by atoms with E-state index in [0.29, 0.717) is 18.3 Å². The molecule has 238 valence electrons. The monoisotopic (exact) mass is 623 g/mol. The Bertz CT molecular complexity index is 1220. The highest BCUT2D eigenvalue weighted by Gasteiger charge is 2.39. The van der Waals surface area contributed by atoms with Crippen LogP contribution in [0.4, 0.5) is 32.2 Å². The van der Waals surface area contributed by atoms with Crippen molar-refractivity contribution in [2.75, 3.05) is 12.3 Å². The predicted molar refractivity (Wildman–Crippen MR) is 140 cm³/mol. The molecule has 11 nitrogen and oxygen atoms in total. The number of pyridine rings is 1. The number of halogens is 6. The Labute approximate surface area is 241 Å². The number of carboxylic acids is 2. The summed E-state index contributed by atoms with van der Waals surface area (Å²) in [7, 11) is 0. The number of carbonyl (C=O) groups is 4. The molecule has 0 aliphatic carbocycles. The van der Waals surface area contributed by atoms with Crippen LogP contribution in [0.1, 0.15) is 42.5 Å². The number of hydrogen-bond donors (Lipinski definition) is 6. The molecule has 2 amide bonds. The lowest BCUT2D eigenvalue weighted by atomic mass is 9.86. The van der Waals surface area contributed by atoms with Crippen LogP contribution in [-0.2, 0) is 25.7 Å². The van der Waals surface area contributed by atoms with Crippen molar-refractivity contribution in [1.82, 2.24) is 20.9 Å². The topological polar surface area (TPSA) is 184 Å². The first-order chi connectivity index (χ1) is 19.8. The maximum absolute atomic E-state index is 12.7. The Morgan fingerprint density at radius 3 is 2.02 bits per heavy atom. The fourth-order valence-corrected chi connectivity index (χ4v) is 3.66. The third kappa shape index (κ3) is 13.4. The molecule has 1 aliphatic heterocycles. The standard InChI is InChI=1S/C22H29N5O2.2C2HF3O2/c1-14-18(8-9-20(23)26-14)13-25-21(28)15(2)27-22(29)19-12-17(10-11-24-19)16-6-4-3-5-7-16;2*3-2(4,5)1(6)7/h3-9,15,17,19,24H,10-13H2,1-2H3,(H2,23,26)(H,25,28)(H,27,29);2*(H,6,7)/t15-,17-,19+;;/m0../s1. The number of anilines is 1. The van der Waals surface area contributed by atoms with Gasteiger partial charge in [-0.25, -0.2) is 14.6 Å². The number of aryl methyl sites for hydroxylation is 1. The summed E-state index contributed by atoms with van der Waals surface area (Å²) in [5, 5.41) is 23.2. The van der Waals surface area contributed by atoms with Crippen LogP contribution in [0, 0.1) is 6.92 Å². The number of nitrogen functional groups attached to an aromatic ring is 1. The van der Waals surface area contributed by atoms with E-state index in [-0.39, 0.29) is 17.9 Å². The molecule has 43 heavy (non-hydrogen) atoms. The Kier molecular flexibility index (Phi) is 13.9. The zero-order valence-corrected chi connectivity index (χ0v) is 22.9. The third-order valence-corrected chi connectivity index (χ3v) is 5.90. The molecule has 1 aromatic heterocycles. The summed E-state index contributed by atoms with van der Waals surface area (Å²) in [6.45, 7) is 4.66. The summed E-state index contributed by atoms with van der Waals surface area (Å²) in [5.41, 5.74) is 8.58. The van der Waals surface area contributed by atoms with Crippen molar-refractivity contribution in [1.29, 1.82) is 0 Å². The van der Waals surface area contributed by atoms with Crippen molar-refractivity contribution in [2.24, 2.45) is 0 Å². The minimum absolute atomic E-state index is 0.140. The molecular formula is C26H31F6N5O6. The first-order valence-electron chi connectivity index (χ1n) is 12.5.